The fourth-order valence-corrected chi connectivity index (χ4v) is 1.93. The first-order valence-corrected chi connectivity index (χ1v) is 5.36. The van der Waals surface area contributed by atoms with Crippen LogP contribution in [0.25, 0.3) is 22.2 Å². The van der Waals surface area contributed by atoms with Crippen LogP contribution in [0, 0.1) is 0 Å². The first-order chi connectivity index (χ1) is 8.95. The highest BCUT2D eigenvalue weighted by atomic mass is 19.4. The highest BCUT2D eigenvalue weighted by Crippen LogP contribution is 2.35. The summed E-state index contributed by atoms with van der Waals surface area (Å²) in [6.07, 6.45) is -2.81. The summed E-state index contributed by atoms with van der Waals surface area (Å²) >= 11 is 0. The van der Waals surface area contributed by atoms with Crippen LogP contribution in [0.15, 0.2) is 35.0 Å². The van der Waals surface area contributed by atoms with E-state index in [0.717, 1.165) is 12.1 Å². The molecule has 0 spiro atoms. The van der Waals surface area contributed by atoms with Crippen molar-refractivity contribution in [3.05, 3.63) is 36.0 Å². The number of H-pyrrole nitrogens is 1. The zero-order chi connectivity index (χ0) is 13.6. The molecule has 2 aromatic heterocycles. The summed E-state index contributed by atoms with van der Waals surface area (Å²) in [5.41, 5.74) is 6.19. The number of aromatic nitrogens is 2. The van der Waals surface area contributed by atoms with Crippen molar-refractivity contribution < 1.29 is 17.7 Å². The van der Waals surface area contributed by atoms with Gasteiger partial charge in [-0.1, -0.05) is 5.16 Å². The maximum atomic E-state index is 12.7. The van der Waals surface area contributed by atoms with Gasteiger partial charge in [0.15, 0.2) is 0 Å². The highest BCUT2D eigenvalue weighted by Gasteiger charge is 2.30. The molecule has 2 heterocycles. The Bertz CT molecular complexity index is 742. The van der Waals surface area contributed by atoms with Gasteiger partial charge in [0.2, 0.25) is 5.88 Å². The van der Waals surface area contributed by atoms with Crippen LogP contribution < -0.4 is 5.73 Å². The van der Waals surface area contributed by atoms with Gasteiger partial charge >= 0.3 is 6.18 Å². The van der Waals surface area contributed by atoms with E-state index in [4.69, 9.17) is 10.3 Å². The largest absolute Gasteiger partial charge is 0.416 e. The van der Waals surface area contributed by atoms with Gasteiger partial charge < -0.3 is 15.2 Å². The van der Waals surface area contributed by atoms with Crippen molar-refractivity contribution in [2.75, 3.05) is 5.73 Å². The van der Waals surface area contributed by atoms with Gasteiger partial charge in [0.1, 0.15) is 5.69 Å². The minimum absolute atomic E-state index is 0.108. The lowest BCUT2D eigenvalue weighted by molar-refractivity contribution is -0.137. The minimum atomic E-state index is -4.38. The monoisotopic (exact) mass is 267 g/mol. The van der Waals surface area contributed by atoms with E-state index in [2.05, 4.69) is 10.1 Å². The Morgan fingerprint density at radius 1 is 1.21 bits per heavy atom. The molecule has 0 aliphatic rings. The second-order valence-corrected chi connectivity index (χ2v) is 4.07. The number of hydrogen-bond donors (Lipinski definition) is 2. The van der Waals surface area contributed by atoms with Gasteiger partial charge in [-0.05, 0) is 18.2 Å². The summed E-state index contributed by atoms with van der Waals surface area (Å²) in [4.78, 5) is 2.88. The number of halogens is 3. The lowest BCUT2D eigenvalue weighted by Gasteiger charge is -2.06. The summed E-state index contributed by atoms with van der Waals surface area (Å²) < 4.78 is 42.8. The number of hydrogen-bond acceptors (Lipinski definition) is 3. The maximum Gasteiger partial charge on any atom is 0.416 e. The van der Waals surface area contributed by atoms with E-state index < -0.39 is 11.7 Å². The van der Waals surface area contributed by atoms with Crippen molar-refractivity contribution >= 4 is 16.8 Å². The number of nitrogens with one attached hydrogen (secondary N) is 1. The molecular weight excluding hydrogens is 259 g/mol. The maximum absolute atomic E-state index is 12.7. The van der Waals surface area contributed by atoms with E-state index in [1.807, 2.05) is 0 Å². The molecule has 0 aliphatic heterocycles. The summed E-state index contributed by atoms with van der Waals surface area (Å²) in [7, 11) is 0. The molecule has 3 N–H and O–H groups in total. The van der Waals surface area contributed by atoms with Crippen LogP contribution in [0.2, 0.25) is 0 Å². The number of aromatic amines is 1. The summed E-state index contributed by atoms with van der Waals surface area (Å²) in [6.45, 7) is 0. The number of benzene rings is 1. The van der Waals surface area contributed by atoms with Crippen molar-refractivity contribution in [1.82, 2.24) is 10.1 Å². The highest BCUT2D eigenvalue weighted by molar-refractivity contribution is 5.95. The predicted octanol–water partition coefficient (Wildman–Crippen LogP) is 3.42. The molecule has 0 fully saturated rings. The zero-order valence-electron chi connectivity index (χ0n) is 9.45. The Labute approximate surface area is 105 Å². The topological polar surface area (TPSA) is 67.8 Å². The molecule has 0 saturated heterocycles. The standard InChI is InChI=1S/C12H8F3N3O/c13-12(14,15)6-1-2-9-7(3-6)8(5-17-9)10-4-11(16)19-18-10/h1-5,17H,16H2. The molecule has 0 bridgehead atoms. The Morgan fingerprint density at radius 2 is 2.00 bits per heavy atom. The first-order valence-electron chi connectivity index (χ1n) is 5.36. The van der Waals surface area contributed by atoms with Crippen molar-refractivity contribution in [2.45, 2.75) is 6.18 Å². The summed E-state index contributed by atoms with van der Waals surface area (Å²) in [5, 5.41) is 4.12. The molecule has 0 unspecified atom stereocenters. The quantitative estimate of drug-likeness (QED) is 0.709. The average Bonchev–Trinajstić information content (AvgIpc) is 2.92. The number of rotatable bonds is 1. The van der Waals surface area contributed by atoms with Gasteiger partial charge in [-0.3, -0.25) is 0 Å². The lowest BCUT2D eigenvalue weighted by atomic mass is 10.1. The van der Waals surface area contributed by atoms with Gasteiger partial charge in [0.05, 0.1) is 5.56 Å². The van der Waals surface area contributed by atoms with Crippen molar-refractivity contribution in [2.24, 2.45) is 0 Å². The van der Waals surface area contributed by atoms with Gasteiger partial charge in [-0.2, -0.15) is 13.2 Å². The van der Waals surface area contributed by atoms with Crippen molar-refractivity contribution in [1.29, 1.82) is 0 Å². The second-order valence-electron chi connectivity index (χ2n) is 4.07. The zero-order valence-corrected chi connectivity index (χ0v) is 9.45. The second kappa shape index (κ2) is 3.78. The number of nitrogen functional groups attached to an aromatic ring is 1. The van der Waals surface area contributed by atoms with E-state index in [1.54, 1.807) is 6.20 Å². The third kappa shape index (κ3) is 1.92. The molecule has 7 heteroatoms. The number of fused-ring (bicyclic) bond motifs is 1. The van der Waals surface area contributed by atoms with Crippen LogP contribution in [0.4, 0.5) is 19.1 Å². The van der Waals surface area contributed by atoms with E-state index in [0.29, 0.717) is 22.2 Å². The van der Waals surface area contributed by atoms with Crippen LogP contribution in [0.3, 0.4) is 0 Å². The van der Waals surface area contributed by atoms with E-state index in [9.17, 15) is 13.2 Å². The van der Waals surface area contributed by atoms with Crippen LogP contribution in [0.5, 0.6) is 0 Å². The average molecular weight is 267 g/mol. The fourth-order valence-electron chi connectivity index (χ4n) is 1.93. The number of nitrogens with zero attached hydrogens (tertiary/aromatic N) is 1. The number of alkyl halides is 3. The number of nitrogens with two attached hydrogens (primary N) is 1. The molecule has 19 heavy (non-hydrogen) atoms. The molecule has 3 aromatic rings. The minimum Gasteiger partial charge on any atom is -0.368 e. The molecule has 0 atom stereocenters. The predicted molar refractivity (Wildman–Crippen MR) is 63.2 cm³/mol. The molecule has 1 aromatic carbocycles. The Kier molecular flexibility index (Phi) is 2.31. The van der Waals surface area contributed by atoms with Gasteiger partial charge in [0, 0.05) is 28.7 Å². The SMILES string of the molecule is Nc1cc(-c2c[nH]c3ccc(C(F)(F)F)cc23)no1. The molecular formula is C12H8F3N3O. The van der Waals surface area contributed by atoms with Gasteiger partial charge in [-0.15, -0.1) is 0 Å². The van der Waals surface area contributed by atoms with Crippen molar-refractivity contribution in [3.63, 3.8) is 0 Å². The summed E-state index contributed by atoms with van der Waals surface area (Å²) in [6, 6.07) is 4.94. The number of anilines is 1. The molecule has 3 rings (SSSR count). The first kappa shape index (κ1) is 11.6. The van der Waals surface area contributed by atoms with Gasteiger partial charge in [0.25, 0.3) is 0 Å². The van der Waals surface area contributed by atoms with E-state index in [-0.39, 0.29) is 5.88 Å². The lowest BCUT2D eigenvalue weighted by Crippen LogP contribution is -2.04. The molecule has 4 nitrogen and oxygen atoms in total. The molecule has 0 aliphatic carbocycles. The normalized spacial score (nSPS) is 12.2. The van der Waals surface area contributed by atoms with Gasteiger partial charge in [-0.25, -0.2) is 0 Å². The fraction of sp³-hybridized carbons (Fsp3) is 0.0833. The molecule has 98 valence electrons. The smallest absolute Gasteiger partial charge is 0.368 e. The molecule has 0 amide bonds. The molecule has 0 saturated carbocycles. The van der Waals surface area contributed by atoms with E-state index in [1.165, 1.54) is 12.1 Å². The van der Waals surface area contributed by atoms with Crippen LogP contribution in [0.1, 0.15) is 5.56 Å². The van der Waals surface area contributed by atoms with Crippen LogP contribution >= 0.6 is 0 Å². The third-order valence-electron chi connectivity index (χ3n) is 2.81. The third-order valence-corrected chi connectivity index (χ3v) is 2.81. The summed E-state index contributed by atoms with van der Waals surface area (Å²) in [5.74, 6) is 0.108. The Hall–Kier alpha value is -2.44. The van der Waals surface area contributed by atoms with Crippen LogP contribution in [-0.4, -0.2) is 10.1 Å². The Balaban J connectivity index is 2.21. The Morgan fingerprint density at radius 3 is 2.63 bits per heavy atom. The van der Waals surface area contributed by atoms with E-state index >= 15 is 0 Å². The molecule has 0 radical (unpaired) electrons. The van der Waals surface area contributed by atoms with Crippen molar-refractivity contribution in [3.8, 4) is 11.3 Å². The van der Waals surface area contributed by atoms with Crippen LogP contribution in [-0.2, 0) is 6.18 Å².